The molecule has 28 heavy (non-hydrogen) atoms. The SMILES string of the molecule is CCOC(=O)C12C(=O)OCC(c3ccco3)=C1COC2c1ccc(OC)cc1. The first kappa shape index (κ1) is 18.3. The van der Waals surface area contributed by atoms with Crippen molar-refractivity contribution in [1.82, 2.24) is 0 Å². The van der Waals surface area contributed by atoms with Gasteiger partial charge in [-0.2, -0.15) is 0 Å². The van der Waals surface area contributed by atoms with E-state index in [-0.39, 0.29) is 19.8 Å². The van der Waals surface area contributed by atoms with Crippen molar-refractivity contribution >= 4 is 17.5 Å². The second-order valence-electron chi connectivity index (χ2n) is 6.50. The van der Waals surface area contributed by atoms with E-state index in [2.05, 4.69) is 0 Å². The first-order valence-corrected chi connectivity index (χ1v) is 8.99. The number of fused-ring (bicyclic) bond motifs is 1. The fourth-order valence-corrected chi connectivity index (χ4v) is 3.81. The Morgan fingerprint density at radius 1 is 1.21 bits per heavy atom. The highest BCUT2D eigenvalue weighted by Crippen LogP contribution is 2.54. The third kappa shape index (κ3) is 2.62. The summed E-state index contributed by atoms with van der Waals surface area (Å²) in [6.07, 6.45) is 0.660. The molecule has 2 aromatic rings. The molecule has 2 atom stereocenters. The van der Waals surface area contributed by atoms with Crippen molar-refractivity contribution in [3.05, 3.63) is 59.6 Å². The Morgan fingerprint density at radius 3 is 2.64 bits per heavy atom. The molecule has 4 rings (SSSR count). The number of carbonyl (C=O) groups is 2. The molecular formula is C21H20O7. The molecule has 3 heterocycles. The fourth-order valence-electron chi connectivity index (χ4n) is 3.81. The van der Waals surface area contributed by atoms with Gasteiger partial charge in [0.25, 0.3) is 0 Å². The highest BCUT2D eigenvalue weighted by Gasteiger charge is 2.65. The zero-order chi connectivity index (χ0) is 19.7. The first-order valence-electron chi connectivity index (χ1n) is 8.99. The molecule has 7 heteroatoms. The standard InChI is InChI=1S/C21H20O7/c1-3-25-19(22)21-16(15(11-28-20(21)23)17-5-4-10-26-17)12-27-18(21)13-6-8-14(24-2)9-7-13/h4-10,18H,3,11-12H2,1-2H3. The fraction of sp³-hybridized carbons (Fsp3) is 0.333. The van der Waals surface area contributed by atoms with Crippen molar-refractivity contribution in [3.8, 4) is 5.75 Å². The van der Waals surface area contributed by atoms with Crippen molar-refractivity contribution in [3.63, 3.8) is 0 Å². The van der Waals surface area contributed by atoms with Crippen LogP contribution in [-0.2, 0) is 23.8 Å². The van der Waals surface area contributed by atoms with Gasteiger partial charge in [0.2, 0.25) is 5.41 Å². The lowest BCUT2D eigenvalue weighted by molar-refractivity contribution is -0.174. The number of carbonyl (C=O) groups excluding carboxylic acids is 2. The third-order valence-electron chi connectivity index (χ3n) is 5.13. The Morgan fingerprint density at radius 2 is 2.00 bits per heavy atom. The minimum Gasteiger partial charge on any atom is -0.497 e. The lowest BCUT2D eigenvalue weighted by Crippen LogP contribution is -2.48. The number of esters is 2. The van der Waals surface area contributed by atoms with Crippen LogP contribution in [0.3, 0.4) is 0 Å². The predicted molar refractivity (Wildman–Crippen MR) is 97.3 cm³/mol. The summed E-state index contributed by atoms with van der Waals surface area (Å²) in [5, 5.41) is 0. The Balaban J connectivity index is 1.89. The summed E-state index contributed by atoms with van der Waals surface area (Å²) in [5.41, 5.74) is 0.110. The number of cyclic esters (lactones) is 1. The molecule has 0 radical (unpaired) electrons. The van der Waals surface area contributed by atoms with Gasteiger partial charge in [-0.05, 0) is 42.3 Å². The Bertz CT molecular complexity index is 911. The van der Waals surface area contributed by atoms with E-state index in [0.717, 1.165) is 0 Å². The number of furan rings is 1. The zero-order valence-corrected chi connectivity index (χ0v) is 15.6. The summed E-state index contributed by atoms with van der Waals surface area (Å²) in [5.74, 6) is -0.160. The van der Waals surface area contributed by atoms with Crippen LogP contribution in [0.4, 0.5) is 0 Å². The summed E-state index contributed by atoms with van der Waals surface area (Å²) in [7, 11) is 1.57. The van der Waals surface area contributed by atoms with Crippen LogP contribution in [0.1, 0.15) is 24.4 Å². The Labute approximate surface area is 161 Å². The number of hydrogen-bond acceptors (Lipinski definition) is 7. The van der Waals surface area contributed by atoms with E-state index >= 15 is 0 Å². The summed E-state index contributed by atoms with van der Waals surface area (Å²) >= 11 is 0. The summed E-state index contributed by atoms with van der Waals surface area (Å²) < 4.78 is 27.4. The van der Waals surface area contributed by atoms with Crippen LogP contribution in [0.15, 0.2) is 52.7 Å². The van der Waals surface area contributed by atoms with Gasteiger partial charge in [0.05, 0.1) is 26.6 Å². The topological polar surface area (TPSA) is 84.2 Å². The first-order chi connectivity index (χ1) is 13.6. The van der Waals surface area contributed by atoms with Crippen LogP contribution in [-0.4, -0.2) is 38.9 Å². The average Bonchev–Trinajstić information content (AvgIpc) is 3.38. The molecular weight excluding hydrogens is 364 g/mol. The average molecular weight is 384 g/mol. The monoisotopic (exact) mass is 384 g/mol. The molecule has 1 saturated heterocycles. The molecule has 146 valence electrons. The van der Waals surface area contributed by atoms with Gasteiger partial charge in [-0.3, -0.25) is 9.59 Å². The molecule has 0 amide bonds. The highest BCUT2D eigenvalue weighted by atomic mass is 16.6. The van der Waals surface area contributed by atoms with E-state index < -0.39 is 23.5 Å². The maximum atomic E-state index is 13.1. The maximum absolute atomic E-state index is 13.1. The van der Waals surface area contributed by atoms with E-state index in [1.54, 1.807) is 50.4 Å². The Kier molecular flexibility index (Phi) is 4.68. The number of ether oxygens (including phenoxy) is 4. The van der Waals surface area contributed by atoms with Crippen molar-refractivity contribution < 1.29 is 33.0 Å². The van der Waals surface area contributed by atoms with Gasteiger partial charge in [0, 0.05) is 5.57 Å². The number of hydrogen-bond donors (Lipinski definition) is 0. The molecule has 1 fully saturated rings. The van der Waals surface area contributed by atoms with Crippen molar-refractivity contribution in [1.29, 1.82) is 0 Å². The molecule has 1 aromatic heterocycles. The molecule has 0 saturated carbocycles. The molecule has 0 spiro atoms. The molecule has 0 bridgehead atoms. The third-order valence-corrected chi connectivity index (χ3v) is 5.13. The maximum Gasteiger partial charge on any atom is 0.331 e. The minimum atomic E-state index is -1.70. The minimum absolute atomic E-state index is 0.0154. The smallest absolute Gasteiger partial charge is 0.331 e. The Hall–Kier alpha value is -3.06. The summed E-state index contributed by atoms with van der Waals surface area (Å²) in [6, 6.07) is 10.5. The van der Waals surface area contributed by atoms with Gasteiger partial charge in [0.1, 0.15) is 24.2 Å². The van der Waals surface area contributed by atoms with Gasteiger partial charge in [-0.15, -0.1) is 0 Å². The predicted octanol–water partition coefficient (Wildman–Crippen LogP) is 2.92. The molecule has 2 aliphatic heterocycles. The largest absolute Gasteiger partial charge is 0.497 e. The summed E-state index contributed by atoms with van der Waals surface area (Å²) in [6.45, 7) is 1.94. The normalized spacial score (nSPS) is 23.9. The molecule has 0 N–H and O–H groups in total. The zero-order valence-electron chi connectivity index (χ0n) is 15.6. The van der Waals surface area contributed by atoms with E-state index in [0.29, 0.717) is 28.2 Å². The van der Waals surface area contributed by atoms with Crippen molar-refractivity contribution in [2.75, 3.05) is 26.9 Å². The molecule has 2 unspecified atom stereocenters. The number of benzene rings is 1. The van der Waals surface area contributed by atoms with Gasteiger partial charge in [-0.25, -0.2) is 0 Å². The van der Waals surface area contributed by atoms with Crippen LogP contribution in [0.2, 0.25) is 0 Å². The van der Waals surface area contributed by atoms with Crippen molar-refractivity contribution in [2.24, 2.45) is 5.41 Å². The second-order valence-corrected chi connectivity index (χ2v) is 6.50. The van der Waals surface area contributed by atoms with Gasteiger partial charge in [0.15, 0.2) is 0 Å². The molecule has 1 aromatic carbocycles. The van der Waals surface area contributed by atoms with Crippen LogP contribution < -0.4 is 4.74 Å². The van der Waals surface area contributed by atoms with E-state index in [1.807, 2.05) is 0 Å². The van der Waals surface area contributed by atoms with E-state index in [1.165, 1.54) is 6.26 Å². The van der Waals surface area contributed by atoms with E-state index in [9.17, 15) is 9.59 Å². The quantitative estimate of drug-likeness (QED) is 0.579. The van der Waals surface area contributed by atoms with Crippen LogP contribution in [0.5, 0.6) is 5.75 Å². The lowest BCUT2D eigenvalue weighted by Gasteiger charge is -2.34. The van der Waals surface area contributed by atoms with Gasteiger partial charge >= 0.3 is 11.9 Å². The summed E-state index contributed by atoms with van der Waals surface area (Å²) in [4.78, 5) is 26.2. The van der Waals surface area contributed by atoms with Gasteiger partial charge in [-0.1, -0.05) is 12.1 Å². The number of rotatable bonds is 5. The second kappa shape index (κ2) is 7.16. The number of methoxy groups -OCH3 is 1. The van der Waals surface area contributed by atoms with Crippen LogP contribution in [0.25, 0.3) is 5.57 Å². The van der Waals surface area contributed by atoms with E-state index in [4.69, 9.17) is 23.4 Å². The lowest BCUT2D eigenvalue weighted by atomic mass is 9.71. The molecule has 2 aliphatic rings. The highest BCUT2D eigenvalue weighted by molar-refractivity contribution is 6.08. The van der Waals surface area contributed by atoms with Crippen molar-refractivity contribution in [2.45, 2.75) is 13.0 Å². The molecule has 7 nitrogen and oxygen atoms in total. The molecule has 0 aliphatic carbocycles. The van der Waals surface area contributed by atoms with Crippen LogP contribution >= 0.6 is 0 Å². The van der Waals surface area contributed by atoms with Gasteiger partial charge < -0.3 is 23.4 Å². The van der Waals surface area contributed by atoms with Crippen LogP contribution in [0, 0.1) is 5.41 Å².